The van der Waals surface area contributed by atoms with Crippen LogP contribution in [0.25, 0.3) is 0 Å². The van der Waals surface area contributed by atoms with Crippen LogP contribution in [0.5, 0.6) is 0 Å². The normalized spacial score (nSPS) is 34.1. The highest BCUT2D eigenvalue weighted by Crippen LogP contribution is 2.73. The summed E-state index contributed by atoms with van der Waals surface area (Å²) in [5.41, 5.74) is 3.09. The van der Waals surface area contributed by atoms with Crippen molar-refractivity contribution in [2.75, 3.05) is 0 Å². The molecule has 4 unspecified atom stereocenters. The Kier molecular flexibility index (Phi) is 2.74. The van der Waals surface area contributed by atoms with Crippen LogP contribution in [0.15, 0.2) is 40.9 Å². The molecule has 3 amide bonds. The second kappa shape index (κ2) is 4.57. The van der Waals surface area contributed by atoms with Gasteiger partial charge >= 0.3 is 0 Å². The fraction of sp³-hybridized carbons (Fsp3) is 0.389. The maximum atomic E-state index is 12.8. The van der Waals surface area contributed by atoms with Crippen LogP contribution in [-0.4, -0.2) is 22.7 Å². The maximum absolute atomic E-state index is 12.8. The van der Waals surface area contributed by atoms with E-state index in [4.69, 9.17) is 0 Å². The van der Waals surface area contributed by atoms with Crippen LogP contribution < -0.4 is 5.43 Å². The summed E-state index contributed by atoms with van der Waals surface area (Å²) in [5, 5.41) is 0.960. The first-order chi connectivity index (χ1) is 11.5. The summed E-state index contributed by atoms with van der Waals surface area (Å²) in [6.45, 7) is 0. The van der Waals surface area contributed by atoms with Crippen molar-refractivity contribution in [2.24, 2.45) is 29.1 Å². The number of carbonyl (C=O) groups excluding carboxylic acids is 3. The second-order valence-electron chi connectivity index (χ2n) is 7.18. The summed E-state index contributed by atoms with van der Waals surface area (Å²) in [6.07, 6.45) is 6.44. The third-order valence-electron chi connectivity index (χ3n) is 6.17. The van der Waals surface area contributed by atoms with E-state index < -0.39 is 5.91 Å². The van der Waals surface area contributed by atoms with Crippen LogP contribution in [0.4, 0.5) is 0 Å². The number of amides is 3. The van der Waals surface area contributed by atoms with Crippen LogP contribution in [0, 0.1) is 29.1 Å². The van der Waals surface area contributed by atoms with E-state index in [1.165, 1.54) is 0 Å². The number of imide groups is 1. The van der Waals surface area contributed by atoms with Crippen molar-refractivity contribution in [1.29, 1.82) is 0 Å². The van der Waals surface area contributed by atoms with Crippen molar-refractivity contribution in [3.63, 3.8) is 0 Å². The highest BCUT2D eigenvalue weighted by molar-refractivity contribution is 9.10. The van der Waals surface area contributed by atoms with E-state index in [2.05, 4.69) is 33.5 Å². The van der Waals surface area contributed by atoms with Gasteiger partial charge in [0.1, 0.15) is 0 Å². The average Bonchev–Trinajstić information content (AvgIpc) is 3.18. The molecule has 1 spiro atoms. The molecule has 1 aromatic carbocycles. The number of fused-ring (bicyclic) bond motifs is 3. The number of nitrogens with zero attached hydrogens (tertiary/aromatic N) is 1. The van der Waals surface area contributed by atoms with E-state index >= 15 is 0 Å². The Morgan fingerprint density at radius 1 is 1.04 bits per heavy atom. The van der Waals surface area contributed by atoms with E-state index in [0.29, 0.717) is 5.56 Å². The van der Waals surface area contributed by atoms with Crippen LogP contribution in [-0.2, 0) is 9.59 Å². The zero-order valence-electron chi connectivity index (χ0n) is 12.7. The summed E-state index contributed by atoms with van der Waals surface area (Å²) in [4.78, 5) is 37.9. The Morgan fingerprint density at radius 3 is 2.08 bits per heavy atom. The molecule has 3 aliphatic carbocycles. The molecular weight excluding hydrogens is 372 g/mol. The van der Waals surface area contributed by atoms with Crippen molar-refractivity contribution in [2.45, 2.75) is 12.8 Å². The Bertz CT molecular complexity index is 778. The van der Waals surface area contributed by atoms with Gasteiger partial charge in [-0.2, -0.15) is 5.01 Å². The monoisotopic (exact) mass is 386 g/mol. The fourth-order valence-electron chi connectivity index (χ4n) is 4.96. The van der Waals surface area contributed by atoms with Crippen LogP contribution in [0.3, 0.4) is 0 Å². The predicted molar refractivity (Wildman–Crippen MR) is 88.2 cm³/mol. The topological polar surface area (TPSA) is 66.5 Å². The molecule has 4 aliphatic rings. The number of nitrogens with one attached hydrogen (secondary N) is 1. The van der Waals surface area contributed by atoms with Crippen molar-refractivity contribution in [3.05, 3.63) is 46.5 Å². The minimum Gasteiger partial charge on any atom is -0.272 e. The number of halogens is 1. The molecule has 2 saturated carbocycles. The molecule has 24 heavy (non-hydrogen) atoms. The third-order valence-corrected chi connectivity index (χ3v) is 6.70. The van der Waals surface area contributed by atoms with Gasteiger partial charge < -0.3 is 0 Å². The van der Waals surface area contributed by atoms with Crippen molar-refractivity contribution >= 4 is 33.7 Å². The number of allylic oxidation sites excluding steroid dienone is 2. The lowest BCUT2D eigenvalue weighted by molar-refractivity contribution is -0.144. The van der Waals surface area contributed by atoms with Gasteiger partial charge in [-0.05, 0) is 54.4 Å². The van der Waals surface area contributed by atoms with Gasteiger partial charge in [-0.15, -0.1) is 0 Å². The van der Waals surface area contributed by atoms with E-state index in [1.54, 1.807) is 24.3 Å². The number of benzene rings is 1. The van der Waals surface area contributed by atoms with Gasteiger partial charge in [-0.25, -0.2) is 0 Å². The molecule has 1 heterocycles. The molecule has 1 N–H and O–H groups in total. The molecule has 5 rings (SSSR count). The molecule has 5 nitrogen and oxygen atoms in total. The van der Waals surface area contributed by atoms with Crippen molar-refractivity contribution < 1.29 is 14.4 Å². The number of hydrogen-bond acceptors (Lipinski definition) is 3. The maximum Gasteiger partial charge on any atom is 0.270 e. The molecule has 6 heteroatoms. The molecule has 1 saturated heterocycles. The first kappa shape index (κ1) is 14.4. The third kappa shape index (κ3) is 1.67. The van der Waals surface area contributed by atoms with Crippen LogP contribution in [0.1, 0.15) is 23.2 Å². The lowest BCUT2D eigenvalue weighted by Gasteiger charge is -2.22. The zero-order chi connectivity index (χ0) is 16.6. The van der Waals surface area contributed by atoms with Gasteiger partial charge in [0.05, 0.1) is 11.8 Å². The molecule has 0 radical (unpaired) electrons. The Morgan fingerprint density at radius 2 is 1.58 bits per heavy atom. The van der Waals surface area contributed by atoms with Crippen molar-refractivity contribution in [1.82, 2.24) is 10.4 Å². The molecule has 122 valence electrons. The first-order valence-corrected chi connectivity index (χ1v) is 8.95. The van der Waals surface area contributed by atoms with Gasteiger partial charge in [0.2, 0.25) is 0 Å². The Balaban J connectivity index is 1.39. The number of carbonyl (C=O) groups is 3. The van der Waals surface area contributed by atoms with E-state index in [9.17, 15) is 14.4 Å². The smallest absolute Gasteiger partial charge is 0.270 e. The summed E-state index contributed by atoms with van der Waals surface area (Å²) < 4.78 is 0.860. The highest BCUT2D eigenvalue weighted by Gasteiger charge is 2.73. The van der Waals surface area contributed by atoms with Crippen molar-refractivity contribution in [3.8, 4) is 0 Å². The molecular formula is C18H15BrN2O3. The Labute approximate surface area is 147 Å². The quantitative estimate of drug-likeness (QED) is 0.626. The summed E-state index contributed by atoms with van der Waals surface area (Å²) in [6, 6.07) is 6.79. The number of hydrazine groups is 1. The summed E-state index contributed by atoms with van der Waals surface area (Å²) >= 11 is 3.31. The molecule has 2 bridgehead atoms. The van der Waals surface area contributed by atoms with Gasteiger partial charge in [-0.1, -0.05) is 28.1 Å². The summed E-state index contributed by atoms with van der Waals surface area (Å²) in [5.74, 6) is -1.19. The number of hydrogen-bond donors (Lipinski definition) is 1. The predicted octanol–water partition coefficient (Wildman–Crippen LogP) is 2.29. The van der Waals surface area contributed by atoms with E-state index in [-0.39, 0.29) is 40.9 Å². The van der Waals surface area contributed by atoms with Gasteiger partial charge in [0.25, 0.3) is 17.7 Å². The fourth-order valence-corrected chi connectivity index (χ4v) is 5.22. The lowest BCUT2D eigenvalue weighted by Crippen LogP contribution is -2.47. The second-order valence-corrected chi connectivity index (χ2v) is 8.10. The van der Waals surface area contributed by atoms with Crippen LogP contribution >= 0.6 is 15.9 Å². The standard InChI is InChI=1S/C18H15BrN2O3/c19-10-3-1-9(2-4-10)15(22)20-21-16(23)13-11-5-6-12(14(13)17(21)24)18(11)7-8-18/h1-6,11-14H,7-8H2,(H,20,22). The van der Waals surface area contributed by atoms with Crippen LogP contribution in [0.2, 0.25) is 0 Å². The largest absolute Gasteiger partial charge is 0.272 e. The van der Waals surface area contributed by atoms with E-state index in [1.807, 2.05) is 0 Å². The average molecular weight is 387 g/mol. The minimum atomic E-state index is -0.439. The minimum absolute atomic E-state index is 0.165. The van der Waals surface area contributed by atoms with Gasteiger partial charge in [0.15, 0.2) is 0 Å². The molecule has 0 aromatic heterocycles. The first-order valence-electron chi connectivity index (χ1n) is 8.16. The van der Waals surface area contributed by atoms with Gasteiger partial charge in [0, 0.05) is 10.0 Å². The molecule has 3 fully saturated rings. The Hall–Kier alpha value is -1.95. The highest BCUT2D eigenvalue weighted by atomic mass is 79.9. The molecule has 1 aliphatic heterocycles. The SMILES string of the molecule is O=C(NN1C(=O)C2C(C1=O)C1C=CC2C12CC2)c1ccc(Br)cc1. The van der Waals surface area contributed by atoms with E-state index in [0.717, 1.165) is 22.3 Å². The molecule has 1 aromatic rings. The number of rotatable bonds is 2. The van der Waals surface area contributed by atoms with Gasteiger partial charge in [-0.3, -0.25) is 19.8 Å². The zero-order valence-corrected chi connectivity index (χ0v) is 14.3. The molecule has 4 atom stereocenters. The lowest BCUT2D eigenvalue weighted by atomic mass is 9.85. The summed E-state index contributed by atoms with van der Waals surface area (Å²) in [7, 11) is 0.